The molecule has 90 valence electrons. The minimum Gasteiger partial charge on any atom is -0.423 e. The Morgan fingerprint density at radius 3 is 1.94 bits per heavy atom. The quantitative estimate of drug-likeness (QED) is 0.340. The smallest absolute Gasteiger partial charge is 0.335 e. The van der Waals surface area contributed by atoms with Gasteiger partial charge in [-0.3, -0.25) is 0 Å². The minimum absolute atomic E-state index is 0.434. The molecule has 0 amide bonds. The molecule has 0 spiro atoms. The second kappa shape index (κ2) is 8.11. The summed E-state index contributed by atoms with van der Waals surface area (Å²) in [7, 11) is 0. The molecule has 1 rings (SSSR count). The molecule has 0 heterocycles. The number of ether oxygens (including phenoxy) is 1. The highest BCUT2D eigenvalue weighted by molar-refractivity contribution is 5.83. The van der Waals surface area contributed by atoms with Gasteiger partial charge in [0.05, 0.1) is 0 Å². The molecule has 0 N–H and O–H groups in total. The fourth-order valence-electron chi connectivity index (χ4n) is 0.646. The van der Waals surface area contributed by atoms with Gasteiger partial charge in [-0.25, -0.2) is 4.79 Å². The van der Waals surface area contributed by atoms with Gasteiger partial charge < -0.3 is 4.74 Å². The van der Waals surface area contributed by atoms with Crippen molar-refractivity contribution in [3.05, 3.63) is 67.3 Å². The number of carbonyl (C=O) groups excluding carboxylic acids is 1. The van der Waals surface area contributed by atoms with Crippen LogP contribution < -0.4 is 4.74 Å². The van der Waals surface area contributed by atoms with Crippen molar-refractivity contribution in [2.24, 2.45) is 0 Å². The molecule has 2 heteroatoms. The molecular weight excluding hydrogens is 212 g/mol. The third-order valence-electron chi connectivity index (χ3n) is 1.86. The first-order valence-electron chi connectivity index (χ1n) is 5.18. The lowest BCUT2D eigenvalue weighted by molar-refractivity contribution is -0.128. The van der Waals surface area contributed by atoms with Crippen LogP contribution in [-0.4, -0.2) is 5.97 Å². The first-order chi connectivity index (χ1) is 7.97. The van der Waals surface area contributed by atoms with Crippen LogP contribution in [0, 0.1) is 0 Å². The largest absolute Gasteiger partial charge is 0.423 e. The summed E-state index contributed by atoms with van der Waals surface area (Å²) in [4.78, 5) is 10.6. The zero-order valence-electron chi connectivity index (χ0n) is 10.4. The van der Waals surface area contributed by atoms with Gasteiger partial charge in [-0.1, -0.05) is 49.1 Å². The molecule has 2 nitrogen and oxygen atoms in total. The maximum atomic E-state index is 10.6. The molecule has 1 aromatic rings. The van der Waals surface area contributed by atoms with Crippen LogP contribution in [0.4, 0.5) is 0 Å². The van der Waals surface area contributed by atoms with Gasteiger partial charge in [0.15, 0.2) is 0 Å². The Labute approximate surface area is 103 Å². The molecule has 0 fully saturated rings. The summed E-state index contributed by atoms with van der Waals surface area (Å²) in [5.41, 5.74) is 2.13. The average molecular weight is 230 g/mol. The number of hydrogen-bond acceptors (Lipinski definition) is 2. The van der Waals surface area contributed by atoms with E-state index in [1.54, 1.807) is 24.3 Å². The Kier molecular flexibility index (Phi) is 7.11. The second-order valence-electron chi connectivity index (χ2n) is 3.50. The summed E-state index contributed by atoms with van der Waals surface area (Å²) >= 11 is 0. The van der Waals surface area contributed by atoms with Crippen molar-refractivity contribution in [2.45, 2.75) is 13.8 Å². The van der Waals surface area contributed by atoms with Crippen molar-refractivity contribution >= 4 is 5.97 Å². The molecule has 0 atom stereocenters. The number of benzene rings is 1. The molecule has 0 radical (unpaired) electrons. The lowest BCUT2D eigenvalue weighted by Crippen LogP contribution is -2.02. The molecule has 0 aliphatic carbocycles. The van der Waals surface area contributed by atoms with E-state index in [0.29, 0.717) is 5.75 Å². The highest BCUT2D eigenvalue weighted by Crippen LogP contribution is 2.07. The van der Waals surface area contributed by atoms with E-state index < -0.39 is 5.97 Å². The molecule has 0 saturated carbocycles. The van der Waals surface area contributed by atoms with E-state index in [-0.39, 0.29) is 0 Å². The number of carbonyl (C=O) groups is 1. The summed E-state index contributed by atoms with van der Waals surface area (Å²) in [5, 5.41) is 0. The van der Waals surface area contributed by atoms with E-state index in [2.05, 4.69) is 19.7 Å². The lowest BCUT2D eigenvalue weighted by Gasteiger charge is -1.98. The molecule has 0 bridgehead atoms. The van der Waals surface area contributed by atoms with E-state index in [0.717, 1.165) is 17.2 Å². The number of para-hydroxylation sites is 1. The maximum absolute atomic E-state index is 10.6. The molecule has 0 unspecified atom stereocenters. The zero-order valence-corrected chi connectivity index (χ0v) is 10.4. The number of hydrogen-bond donors (Lipinski definition) is 0. The predicted octanol–water partition coefficient (Wildman–Crippen LogP) is 3.92. The van der Waals surface area contributed by atoms with Gasteiger partial charge in [-0.05, 0) is 26.0 Å². The zero-order chi connectivity index (χ0) is 13.3. The van der Waals surface area contributed by atoms with Crippen LogP contribution in [0.15, 0.2) is 67.3 Å². The Morgan fingerprint density at radius 2 is 1.59 bits per heavy atom. The van der Waals surface area contributed by atoms with E-state index >= 15 is 0 Å². The maximum Gasteiger partial charge on any atom is 0.335 e. The molecule has 0 aromatic heterocycles. The van der Waals surface area contributed by atoms with Gasteiger partial charge in [0, 0.05) is 6.08 Å². The summed E-state index contributed by atoms with van der Waals surface area (Å²) in [6.45, 7) is 14.5. The van der Waals surface area contributed by atoms with E-state index in [9.17, 15) is 4.79 Å². The molecular formula is C15H18O2. The van der Waals surface area contributed by atoms with Crippen molar-refractivity contribution in [1.29, 1.82) is 0 Å². The fourth-order valence-corrected chi connectivity index (χ4v) is 0.646. The average Bonchev–Trinajstić information content (AvgIpc) is 2.31. The van der Waals surface area contributed by atoms with Crippen molar-refractivity contribution in [1.82, 2.24) is 0 Å². The van der Waals surface area contributed by atoms with Crippen LogP contribution >= 0.6 is 0 Å². The molecule has 0 aliphatic rings. The second-order valence-corrected chi connectivity index (χ2v) is 3.50. The van der Waals surface area contributed by atoms with E-state index in [1.807, 2.05) is 19.9 Å². The molecule has 1 aromatic carbocycles. The van der Waals surface area contributed by atoms with Gasteiger partial charge >= 0.3 is 5.97 Å². The van der Waals surface area contributed by atoms with Gasteiger partial charge in [-0.2, -0.15) is 0 Å². The highest BCUT2D eigenvalue weighted by Gasteiger charge is 1.95. The van der Waals surface area contributed by atoms with Gasteiger partial charge in [-0.15, -0.1) is 0 Å². The topological polar surface area (TPSA) is 26.3 Å². The lowest BCUT2D eigenvalue weighted by atomic mass is 10.2. The Hall–Kier alpha value is -2.09. The number of rotatable bonds is 3. The van der Waals surface area contributed by atoms with Gasteiger partial charge in [0.2, 0.25) is 0 Å². The molecule has 17 heavy (non-hydrogen) atoms. The fraction of sp³-hybridized carbons (Fsp3) is 0.133. The SMILES string of the molecule is C=C(C)C(=C)C.C=CC(=O)Oc1ccccc1. The Bertz CT molecular complexity index is 390. The number of allylic oxidation sites excluding steroid dienone is 2. The van der Waals surface area contributed by atoms with Crippen LogP contribution in [0.2, 0.25) is 0 Å². The third kappa shape index (κ3) is 7.79. The van der Waals surface area contributed by atoms with Crippen molar-refractivity contribution < 1.29 is 9.53 Å². The summed E-state index contributed by atoms with van der Waals surface area (Å²) in [6.07, 6.45) is 1.13. The van der Waals surface area contributed by atoms with Crippen molar-refractivity contribution in [3.63, 3.8) is 0 Å². The van der Waals surface area contributed by atoms with Crippen LogP contribution in [0.25, 0.3) is 0 Å². The monoisotopic (exact) mass is 230 g/mol. The first kappa shape index (κ1) is 14.9. The van der Waals surface area contributed by atoms with E-state index in [1.165, 1.54) is 0 Å². The number of esters is 1. The van der Waals surface area contributed by atoms with Crippen LogP contribution in [0.5, 0.6) is 5.75 Å². The van der Waals surface area contributed by atoms with Crippen molar-refractivity contribution in [2.75, 3.05) is 0 Å². The first-order valence-corrected chi connectivity index (χ1v) is 5.18. The highest BCUT2D eigenvalue weighted by atomic mass is 16.5. The summed E-state index contributed by atoms with van der Waals surface area (Å²) in [6, 6.07) is 8.87. The minimum atomic E-state index is -0.434. The van der Waals surface area contributed by atoms with Crippen LogP contribution in [0.1, 0.15) is 13.8 Å². The third-order valence-corrected chi connectivity index (χ3v) is 1.86. The van der Waals surface area contributed by atoms with Crippen LogP contribution in [-0.2, 0) is 4.79 Å². The Morgan fingerprint density at radius 1 is 1.12 bits per heavy atom. The standard InChI is InChI=1S/C9H8O2.C6H10/c1-2-9(10)11-8-6-4-3-5-7-8;1-5(2)6(3)4/h2-7H,1H2;1,3H2,2,4H3. The van der Waals surface area contributed by atoms with Gasteiger partial charge in [0.25, 0.3) is 0 Å². The molecule has 0 saturated heterocycles. The predicted molar refractivity (Wildman–Crippen MR) is 71.9 cm³/mol. The van der Waals surface area contributed by atoms with Gasteiger partial charge in [0.1, 0.15) is 5.75 Å². The molecule has 0 aliphatic heterocycles. The Balaban J connectivity index is 0.000000366. The summed E-state index contributed by atoms with van der Waals surface area (Å²) < 4.78 is 4.81. The van der Waals surface area contributed by atoms with Crippen LogP contribution in [0.3, 0.4) is 0 Å². The van der Waals surface area contributed by atoms with Crippen molar-refractivity contribution in [3.8, 4) is 5.75 Å². The normalized spacial score (nSPS) is 8.35. The summed E-state index contributed by atoms with van der Waals surface area (Å²) in [5.74, 6) is 0.105. The van der Waals surface area contributed by atoms with E-state index in [4.69, 9.17) is 4.74 Å².